The van der Waals surface area contributed by atoms with Gasteiger partial charge >= 0.3 is 0 Å². The van der Waals surface area contributed by atoms with Gasteiger partial charge in [0, 0.05) is 20.3 Å². The van der Waals surface area contributed by atoms with E-state index in [9.17, 15) is 0 Å². The number of hydrogen-bond donors (Lipinski definition) is 1. The second kappa shape index (κ2) is 5.56. The average Bonchev–Trinajstić information content (AvgIpc) is 2.93. The molecule has 0 amide bonds. The second-order valence-corrected chi connectivity index (χ2v) is 5.10. The summed E-state index contributed by atoms with van der Waals surface area (Å²) < 4.78 is 16.3. The molecule has 1 aromatic heterocycles. The lowest BCUT2D eigenvalue weighted by atomic mass is 9.91. The normalized spacial score (nSPS) is 19.6. The molecule has 1 aliphatic rings. The maximum Gasteiger partial charge on any atom is 0.247 e. The van der Waals surface area contributed by atoms with Crippen molar-refractivity contribution in [3.05, 3.63) is 11.7 Å². The Hall–Kier alpha value is -0.980. The Kier molecular flexibility index (Phi) is 4.23. The SMILES string of the molecule is CCC(CC)(OC)c1noc(C2(N)CCOCC2)n1. The van der Waals surface area contributed by atoms with Crippen molar-refractivity contribution in [1.82, 2.24) is 10.1 Å². The van der Waals surface area contributed by atoms with Crippen molar-refractivity contribution in [3.63, 3.8) is 0 Å². The number of nitrogens with two attached hydrogens (primary N) is 1. The van der Waals surface area contributed by atoms with Gasteiger partial charge in [-0.3, -0.25) is 0 Å². The molecule has 0 atom stereocenters. The third-order valence-electron chi connectivity index (χ3n) is 4.18. The molecule has 0 aliphatic carbocycles. The van der Waals surface area contributed by atoms with Crippen LogP contribution in [-0.2, 0) is 20.6 Å². The highest BCUT2D eigenvalue weighted by Crippen LogP contribution is 2.33. The van der Waals surface area contributed by atoms with Crippen molar-refractivity contribution in [1.29, 1.82) is 0 Å². The molecule has 1 saturated heterocycles. The summed E-state index contributed by atoms with van der Waals surface area (Å²) in [5, 5.41) is 4.09. The van der Waals surface area contributed by atoms with Crippen LogP contribution in [0.5, 0.6) is 0 Å². The molecule has 19 heavy (non-hydrogen) atoms. The molecule has 0 radical (unpaired) electrons. The van der Waals surface area contributed by atoms with E-state index in [-0.39, 0.29) is 0 Å². The highest BCUT2D eigenvalue weighted by atomic mass is 16.5. The van der Waals surface area contributed by atoms with Crippen molar-refractivity contribution in [2.24, 2.45) is 5.73 Å². The Morgan fingerprint density at radius 1 is 1.32 bits per heavy atom. The first-order valence-electron chi connectivity index (χ1n) is 6.86. The van der Waals surface area contributed by atoms with E-state index in [1.165, 1.54) is 0 Å². The summed E-state index contributed by atoms with van der Waals surface area (Å²) in [4.78, 5) is 4.51. The zero-order chi connectivity index (χ0) is 13.9. The molecule has 108 valence electrons. The maximum absolute atomic E-state index is 6.34. The van der Waals surface area contributed by atoms with Crippen LogP contribution >= 0.6 is 0 Å². The molecule has 0 bridgehead atoms. The van der Waals surface area contributed by atoms with E-state index in [0.717, 1.165) is 12.8 Å². The largest absolute Gasteiger partial charge is 0.381 e. The van der Waals surface area contributed by atoms with Gasteiger partial charge in [0.1, 0.15) is 11.1 Å². The van der Waals surface area contributed by atoms with Crippen molar-refractivity contribution < 1.29 is 14.0 Å². The molecule has 0 aromatic carbocycles. The molecule has 1 fully saturated rings. The van der Waals surface area contributed by atoms with Crippen LogP contribution in [0.25, 0.3) is 0 Å². The summed E-state index contributed by atoms with van der Waals surface area (Å²) in [6, 6.07) is 0. The van der Waals surface area contributed by atoms with Crippen LogP contribution in [0, 0.1) is 0 Å². The summed E-state index contributed by atoms with van der Waals surface area (Å²) in [7, 11) is 1.68. The minimum absolute atomic E-state index is 0.483. The van der Waals surface area contributed by atoms with Crippen LogP contribution in [-0.4, -0.2) is 30.5 Å². The lowest BCUT2D eigenvalue weighted by Gasteiger charge is -2.29. The van der Waals surface area contributed by atoms with Gasteiger partial charge in [-0.05, 0) is 25.7 Å². The van der Waals surface area contributed by atoms with Gasteiger partial charge < -0.3 is 19.7 Å². The fourth-order valence-electron chi connectivity index (χ4n) is 2.51. The van der Waals surface area contributed by atoms with Gasteiger partial charge in [-0.15, -0.1) is 0 Å². The summed E-state index contributed by atoms with van der Waals surface area (Å²) in [5.41, 5.74) is 5.30. The Morgan fingerprint density at radius 3 is 2.47 bits per heavy atom. The van der Waals surface area contributed by atoms with E-state index in [2.05, 4.69) is 24.0 Å². The van der Waals surface area contributed by atoms with Gasteiger partial charge in [0.05, 0.1) is 0 Å². The third-order valence-corrected chi connectivity index (χ3v) is 4.18. The lowest BCUT2D eigenvalue weighted by molar-refractivity contribution is -0.0306. The molecule has 2 heterocycles. The fourth-order valence-corrected chi connectivity index (χ4v) is 2.51. The molecule has 0 unspecified atom stereocenters. The molecule has 6 nitrogen and oxygen atoms in total. The van der Waals surface area contributed by atoms with Gasteiger partial charge in [-0.25, -0.2) is 0 Å². The van der Waals surface area contributed by atoms with E-state index >= 15 is 0 Å². The Bertz CT molecular complexity index is 401. The summed E-state index contributed by atoms with van der Waals surface area (Å²) in [6.07, 6.45) is 2.99. The van der Waals surface area contributed by atoms with Gasteiger partial charge in [-0.1, -0.05) is 19.0 Å². The van der Waals surface area contributed by atoms with Gasteiger partial charge in [0.15, 0.2) is 0 Å². The Balaban J connectivity index is 2.27. The zero-order valence-electron chi connectivity index (χ0n) is 11.9. The molecule has 2 rings (SSSR count). The van der Waals surface area contributed by atoms with Gasteiger partial charge in [-0.2, -0.15) is 4.98 Å². The third kappa shape index (κ3) is 2.52. The van der Waals surface area contributed by atoms with E-state index in [0.29, 0.717) is 37.8 Å². The number of ether oxygens (including phenoxy) is 2. The minimum Gasteiger partial charge on any atom is -0.381 e. The average molecular weight is 269 g/mol. The smallest absolute Gasteiger partial charge is 0.247 e. The maximum atomic E-state index is 6.34. The molecule has 6 heteroatoms. The number of rotatable bonds is 5. The molecule has 1 aromatic rings. The summed E-state index contributed by atoms with van der Waals surface area (Å²) >= 11 is 0. The van der Waals surface area contributed by atoms with Crippen LogP contribution in [0.15, 0.2) is 4.52 Å². The predicted octanol–water partition coefficient (Wildman–Crippen LogP) is 1.70. The first-order valence-corrected chi connectivity index (χ1v) is 6.86. The van der Waals surface area contributed by atoms with E-state index in [4.69, 9.17) is 19.7 Å². The monoisotopic (exact) mass is 269 g/mol. The molecule has 0 spiro atoms. The van der Waals surface area contributed by atoms with Crippen molar-refractivity contribution >= 4 is 0 Å². The van der Waals surface area contributed by atoms with Gasteiger partial charge in [0.2, 0.25) is 11.7 Å². The fraction of sp³-hybridized carbons (Fsp3) is 0.846. The quantitative estimate of drug-likeness (QED) is 0.875. The highest BCUT2D eigenvalue weighted by molar-refractivity contribution is 5.08. The first-order chi connectivity index (χ1) is 9.10. The molecule has 0 saturated carbocycles. The number of nitrogens with zero attached hydrogens (tertiary/aromatic N) is 2. The van der Waals surface area contributed by atoms with Crippen molar-refractivity contribution in [2.75, 3.05) is 20.3 Å². The van der Waals surface area contributed by atoms with E-state index < -0.39 is 11.1 Å². The zero-order valence-corrected chi connectivity index (χ0v) is 11.9. The Labute approximate surface area is 113 Å². The topological polar surface area (TPSA) is 83.4 Å². The number of aromatic nitrogens is 2. The predicted molar refractivity (Wildman–Crippen MR) is 69.5 cm³/mol. The van der Waals surface area contributed by atoms with Crippen molar-refractivity contribution in [3.8, 4) is 0 Å². The molecule has 1 aliphatic heterocycles. The summed E-state index contributed by atoms with van der Waals surface area (Å²) in [5.74, 6) is 1.08. The van der Waals surface area contributed by atoms with Gasteiger partial charge in [0.25, 0.3) is 0 Å². The van der Waals surface area contributed by atoms with Crippen LogP contribution in [0.1, 0.15) is 51.2 Å². The molecule has 2 N–H and O–H groups in total. The number of methoxy groups -OCH3 is 1. The molecular formula is C13H23N3O3. The van der Waals surface area contributed by atoms with Crippen LogP contribution in [0.3, 0.4) is 0 Å². The lowest BCUT2D eigenvalue weighted by Crippen LogP contribution is -2.42. The highest BCUT2D eigenvalue weighted by Gasteiger charge is 2.39. The van der Waals surface area contributed by atoms with Crippen LogP contribution < -0.4 is 5.73 Å². The minimum atomic E-state index is -0.565. The van der Waals surface area contributed by atoms with Crippen molar-refractivity contribution in [2.45, 2.75) is 50.7 Å². The number of hydrogen-bond acceptors (Lipinski definition) is 6. The second-order valence-electron chi connectivity index (χ2n) is 5.10. The first kappa shape index (κ1) is 14.4. The van der Waals surface area contributed by atoms with E-state index in [1.54, 1.807) is 7.11 Å². The Morgan fingerprint density at radius 2 is 1.95 bits per heavy atom. The summed E-state index contributed by atoms with van der Waals surface area (Å²) in [6.45, 7) is 5.36. The molecular weight excluding hydrogens is 246 g/mol. The van der Waals surface area contributed by atoms with Crippen LogP contribution in [0.4, 0.5) is 0 Å². The standard InChI is InChI=1S/C13H23N3O3/c1-4-13(5-2,17-3)10-15-11(19-16-10)12(14)6-8-18-9-7-12/h4-9,14H2,1-3H3. The van der Waals surface area contributed by atoms with E-state index in [1.807, 2.05) is 0 Å². The van der Waals surface area contributed by atoms with Crippen LogP contribution in [0.2, 0.25) is 0 Å².